The molecule has 1 fully saturated rings. The molecule has 0 bridgehead atoms. The minimum atomic E-state index is 0.149. The van der Waals surface area contributed by atoms with Gasteiger partial charge in [-0.1, -0.05) is 18.7 Å². The van der Waals surface area contributed by atoms with E-state index in [0.717, 1.165) is 30.8 Å². The van der Waals surface area contributed by atoms with Crippen LogP contribution in [0.25, 0.3) is 0 Å². The molecule has 1 unspecified atom stereocenters. The monoisotopic (exact) mass is 303 g/mol. The second-order valence-electron chi connectivity index (χ2n) is 5.75. The average molecular weight is 303 g/mol. The van der Waals surface area contributed by atoms with Gasteiger partial charge < -0.3 is 4.90 Å². The molecule has 0 radical (unpaired) electrons. The number of likely N-dealkylation sites (tertiary alicyclic amines) is 1. The van der Waals surface area contributed by atoms with Gasteiger partial charge in [-0.05, 0) is 44.2 Å². The number of piperidine rings is 1. The number of pyridine rings is 1. The van der Waals surface area contributed by atoms with Gasteiger partial charge in [0.25, 0.3) is 0 Å². The van der Waals surface area contributed by atoms with Gasteiger partial charge in [-0.15, -0.1) is 0 Å². The molecule has 1 aliphatic heterocycles. The summed E-state index contributed by atoms with van der Waals surface area (Å²) in [7, 11) is 0. The first kappa shape index (κ1) is 15.8. The van der Waals surface area contributed by atoms with Gasteiger partial charge in [-0.25, -0.2) is 4.98 Å². The summed E-state index contributed by atoms with van der Waals surface area (Å²) in [4.78, 5) is 18.6. The van der Waals surface area contributed by atoms with Gasteiger partial charge in [0.05, 0.1) is 11.3 Å². The molecular weight excluding hydrogens is 282 g/mol. The number of hydrogen-bond donors (Lipinski definition) is 0. The van der Waals surface area contributed by atoms with E-state index in [2.05, 4.69) is 18.0 Å². The Morgan fingerprint density at radius 1 is 1.57 bits per heavy atom. The number of amides is 1. The van der Waals surface area contributed by atoms with Crippen molar-refractivity contribution in [1.82, 2.24) is 9.88 Å². The Balaban J connectivity index is 2.03. The maximum atomic E-state index is 12.3. The first-order valence-electron chi connectivity index (χ1n) is 7.30. The van der Waals surface area contributed by atoms with Crippen LogP contribution in [-0.2, 0) is 4.79 Å². The second kappa shape index (κ2) is 6.95. The van der Waals surface area contributed by atoms with Crippen LogP contribution in [0.2, 0.25) is 0 Å². The third-order valence-corrected chi connectivity index (χ3v) is 4.73. The summed E-state index contributed by atoms with van der Waals surface area (Å²) in [5, 5.41) is 9.91. The SMILES string of the molecule is Cc1cc(C)c(C#N)c(SCC(=O)N2CCCC(C)C2)n1. The average Bonchev–Trinajstić information content (AvgIpc) is 2.44. The van der Waals surface area contributed by atoms with E-state index in [4.69, 9.17) is 0 Å². The van der Waals surface area contributed by atoms with Crippen LogP contribution in [0.1, 0.15) is 36.6 Å². The first-order valence-corrected chi connectivity index (χ1v) is 8.28. The van der Waals surface area contributed by atoms with E-state index in [1.165, 1.54) is 18.2 Å². The zero-order valence-electron chi connectivity index (χ0n) is 12.8. The highest BCUT2D eigenvalue weighted by Crippen LogP contribution is 2.24. The lowest BCUT2D eigenvalue weighted by atomic mass is 10.0. The number of carbonyl (C=O) groups excluding carboxylic acids is 1. The summed E-state index contributed by atoms with van der Waals surface area (Å²) >= 11 is 1.38. The second-order valence-corrected chi connectivity index (χ2v) is 6.71. The normalized spacial score (nSPS) is 18.4. The Morgan fingerprint density at radius 3 is 3.00 bits per heavy atom. The molecule has 1 saturated heterocycles. The van der Waals surface area contributed by atoms with Crippen LogP contribution in [0.5, 0.6) is 0 Å². The molecule has 21 heavy (non-hydrogen) atoms. The summed E-state index contributed by atoms with van der Waals surface area (Å²) in [6.45, 7) is 7.71. The van der Waals surface area contributed by atoms with Crippen molar-refractivity contribution >= 4 is 17.7 Å². The van der Waals surface area contributed by atoms with Crippen molar-refractivity contribution in [3.63, 3.8) is 0 Å². The minimum absolute atomic E-state index is 0.149. The fourth-order valence-corrected chi connectivity index (χ4v) is 3.68. The molecule has 0 aliphatic carbocycles. The quantitative estimate of drug-likeness (QED) is 0.806. The first-order chi connectivity index (χ1) is 10.0. The van der Waals surface area contributed by atoms with Gasteiger partial charge in [0.1, 0.15) is 11.1 Å². The van der Waals surface area contributed by atoms with Crippen molar-refractivity contribution in [2.75, 3.05) is 18.8 Å². The van der Waals surface area contributed by atoms with Gasteiger partial charge in [0.2, 0.25) is 5.91 Å². The molecule has 5 heteroatoms. The molecule has 112 valence electrons. The zero-order chi connectivity index (χ0) is 15.4. The van der Waals surface area contributed by atoms with Crippen molar-refractivity contribution in [3.8, 4) is 6.07 Å². The summed E-state index contributed by atoms with van der Waals surface area (Å²) < 4.78 is 0. The van der Waals surface area contributed by atoms with Crippen LogP contribution in [0.4, 0.5) is 0 Å². The molecule has 0 spiro atoms. The number of thioether (sulfide) groups is 1. The fraction of sp³-hybridized carbons (Fsp3) is 0.562. The topological polar surface area (TPSA) is 57.0 Å². The van der Waals surface area contributed by atoms with Gasteiger partial charge >= 0.3 is 0 Å². The van der Waals surface area contributed by atoms with Crippen LogP contribution in [0.3, 0.4) is 0 Å². The van der Waals surface area contributed by atoms with Gasteiger partial charge in [-0.2, -0.15) is 5.26 Å². The van der Waals surface area contributed by atoms with Gasteiger partial charge in [-0.3, -0.25) is 4.79 Å². The summed E-state index contributed by atoms with van der Waals surface area (Å²) in [6, 6.07) is 4.09. The lowest BCUT2D eigenvalue weighted by molar-refractivity contribution is -0.130. The molecule has 0 N–H and O–H groups in total. The van der Waals surface area contributed by atoms with E-state index in [1.54, 1.807) is 0 Å². The maximum absolute atomic E-state index is 12.3. The summed E-state index contributed by atoms with van der Waals surface area (Å²) in [6.07, 6.45) is 2.29. The fourth-order valence-electron chi connectivity index (χ4n) is 2.68. The molecule has 1 aliphatic rings. The molecular formula is C16H21N3OS. The Kier molecular flexibility index (Phi) is 5.24. The van der Waals surface area contributed by atoms with E-state index in [-0.39, 0.29) is 5.91 Å². The Morgan fingerprint density at radius 2 is 2.33 bits per heavy atom. The van der Waals surface area contributed by atoms with Crippen LogP contribution < -0.4 is 0 Å². The van der Waals surface area contributed by atoms with Crippen LogP contribution in [0.15, 0.2) is 11.1 Å². The predicted octanol–water partition coefficient (Wildman–Crippen LogP) is 2.92. The maximum Gasteiger partial charge on any atom is 0.232 e. The number of rotatable bonds is 3. The van der Waals surface area contributed by atoms with Gasteiger partial charge in [0, 0.05) is 18.8 Å². The Labute approximate surface area is 130 Å². The highest BCUT2D eigenvalue weighted by molar-refractivity contribution is 8.00. The van der Waals surface area contributed by atoms with E-state index in [0.29, 0.717) is 22.3 Å². The third-order valence-electron chi connectivity index (χ3n) is 3.77. The molecule has 0 aromatic carbocycles. The van der Waals surface area contributed by atoms with Crippen molar-refractivity contribution in [2.45, 2.75) is 38.6 Å². The van der Waals surface area contributed by atoms with Crippen LogP contribution in [0, 0.1) is 31.1 Å². The summed E-state index contributed by atoms with van der Waals surface area (Å²) in [5.74, 6) is 1.09. The molecule has 2 rings (SSSR count). The molecule has 1 atom stereocenters. The minimum Gasteiger partial charge on any atom is -0.342 e. The van der Waals surface area contributed by atoms with E-state index in [9.17, 15) is 10.1 Å². The van der Waals surface area contributed by atoms with E-state index < -0.39 is 0 Å². The standard InChI is InChI=1S/C16H21N3OS/c1-11-5-4-6-19(9-11)15(20)10-21-16-14(8-17)12(2)7-13(3)18-16/h7,11H,4-6,9-10H2,1-3H3. The Hall–Kier alpha value is -1.54. The summed E-state index contributed by atoms with van der Waals surface area (Å²) in [5.41, 5.74) is 2.39. The molecule has 1 aromatic heterocycles. The third kappa shape index (κ3) is 3.98. The number of hydrogen-bond acceptors (Lipinski definition) is 4. The number of aryl methyl sites for hydroxylation is 2. The molecule has 0 saturated carbocycles. The lowest BCUT2D eigenvalue weighted by Crippen LogP contribution is -2.40. The number of nitrogens with zero attached hydrogens (tertiary/aromatic N) is 3. The molecule has 1 amide bonds. The molecule has 1 aromatic rings. The Bertz CT molecular complexity index is 580. The smallest absolute Gasteiger partial charge is 0.232 e. The van der Waals surface area contributed by atoms with Crippen molar-refractivity contribution in [2.24, 2.45) is 5.92 Å². The number of nitriles is 1. The van der Waals surface area contributed by atoms with Crippen LogP contribution >= 0.6 is 11.8 Å². The highest BCUT2D eigenvalue weighted by atomic mass is 32.2. The van der Waals surface area contributed by atoms with Crippen molar-refractivity contribution in [3.05, 3.63) is 22.9 Å². The van der Waals surface area contributed by atoms with Crippen molar-refractivity contribution in [1.29, 1.82) is 5.26 Å². The number of aromatic nitrogens is 1. The molecule has 4 nitrogen and oxygen atoms in total. The lowest BCUT2D eigenvalue weighted by Gasteiger charge is -2.30. The van der Waals surface area contributed by atoms with Crippen LogP contribution in [-0.4, -0.2) is 34.6 Å². The largest absolute Gasteiger partial charge is 0.342 e. The van der Waals surface area contributed by atoms with E-state index in [1.807, 2.05) is 24.8 Å². The van der Waals surface area contributed by atoms with Crippen molar-refractivity contribution < 1.29 is 4.79 Å². The number of carbonyl (C=O) groups is 1. The van der Waals surface area contributed by atoms with E-state index >= 15 is 0 Å². The highest BCUT2D eigenvalue weighted by Gasteiger charge is 2.21. The predicted molar refractivity (Wildman–Crippen MR) is 84.1 cm³/mol. The zero-order valence-corrected chi connectivity index (χ0v) is 13.7. The van der Waals surface area contributed by atoms with Gasteiger partial charge in [0.15, 0.2) is 0 Å². The molecule has 2 heterocycles.